The molecule has 2 atom stereocenters. The molecule has 19 heavy (non-hydrogen) atoms. The average molecular weight is 294 g/mol. The smallest absolute Gasteiger partial charge is 0.0412 e. The summed E-state index contributed by atoms with van der Waals surface area (Å²) in [7, 11) is 2.03. The summed E-state index contributed by atoms with van der Waals surface area (Å²) >= 11 is 6.05. The molecule has 1 nitrogen and oxygen atoms in total. The normalized spacial score (nSPS) is 20.7. The summed E-state index contributed by atoms with van der Waals surface area (Å²) in [6, 6.07) is 17.5. The molecule has 3 rings (SSSR count). The van der Waals surface area contributed by atoms with Gasteiger partial charge in [0.15, 0.2) is 0 Å². The molecule has 1 aliphatic carbocycles. The standard InChI is InChI=1S/C16H16ClN.ClH/c1-18-16-10-15(16)13-6-2-4-11(8-13)12-5-3-7-14(17)9-12;/h2-9,15-16,18H,10H2,1H3;1H/t15-,16+;/m0./s1. The van der Waals surface area contributed by atoms with Crippen LogP contribution < -0.4 is 5.32 Å². The van der Waals surface area contributed by atoms with Crippen LogP contribution in [-0.2, 0) is 0 Å². The third-order valence-electron chi connectivity index (χ3n) is 3.63. The molecule has 0 aromatic heterocycles. The summed E-state index contributed by atoms with van der Waals surface area (Å²) in [5.41, 5.74) is 3.86. The molecule has 1 fully saturated rings. The molecule has 2 aromatic carbocycles. The van der Waals surface area contributed by atoms with Gasteiger partial charge in [-0.1, -0.05) is 48.0 Å². The van der Waals surface area contributed by atoms with Crippen LogP contribution in [-0.4, -0.2) is 13.1 Å². The van der Waals surface area contributed by atoms with Crippen LogP contribution in [0.4, 0.5) is 0 Å². The monoisotopic (exact) mass is 293 g/mol. The molecule has 0 unspecified atom stereocenters. The van der Waals surface area contributed by atoms with Gasteiger partial charge in [-0.15, -0.1) is 12.4 Å². The number of benzene rings is 2. The van der Waals surface area contributed by atoms with Crippen molar-refractivity contribution in [1.82, 2.24) is 5.32 Å². The van der Waals surface area contributed by atoms with Crippen molar-refractivity contribution in [3.63, 3.8) is 0 Å². The number of likely N-dealkylation sites (N-methyl/N-ethyl adjacent to an activating group) is 1. The van der Waals surface area contributed by atoms with E-state index < -0.39 is 0 Å². The fourth-order valence-corrected chi connectivity index (χ4v) is 2.69. The molecule has 0 saturated heterocycles. The van der Waals surface area contributed by atoms with Crippen LogP contribution in [0.3, 0.4) is 0 Å². The Morgan fingerprint density at radius 1 is 1.05 bits per heavy atom. The minimum absolute atomic E-state index is 0. The Morgan fingerprint density at radius 2 is 1.74 bits per heavy atom. The Morgan fingerprint density at radius 3 is 2.37 bits per heavy atom. The number of hydrogen-bond acceptors (Lipinski definition) is 1. The molecule has 0 aliphatic heterocycles. The van der Waals surface area contributed by atoms with E-state index in [9.17, 15) is 0 Å². The highest BCUT2D eigenvalue weighted by molar-refractivity contribution is 6.30. The zero-order chi connectivity index (χ0) is 12.5. The lowest BCUT2D eigenvalue weighted by atomic mass is 10.0. The Hall–Kier alpha value is -1.02. The summed E-state index contributed by atoms with van der Waals surface area (Å²) in [6.07, 6.45) is 1.25. The van der Waals surface area contributed by atoms with E-state index in [4.69, 9.17) is 11.6 Å². The topological polar surface area (TPSA) is 12.0 Å². The predicted molar refractivity (Wildman–Crippen MR) is 84.3 cm³/mol. The van der Waals surface area contributed by atoms with Gasteiger partial charge in [0, 0.05) is 17.0 Å². The van der Waals surface area contributed by atoms with Crippen molar-refractivity contribution >= 4 is 24.0 Å². The molecule has 0 heterocycles. The first-order valence-electron chi connectivity index (χ1n) is 6.31. The summed E-state index contributed by atoms with van der Waals surface area (Å²) in [5, 5.41) is 4.12. The van der Waals surface area contributed by atoms with Crippen molar-refractivity contribution in [2.75, 3.05) is 7.05 Å². The van der Waals surface area contributed by atoms with Crippen LogP contribution in [0.5, 0.6) is 0 Å². The van der Waals surface area contributed by atoms with Gasteiger partial charge in [-0.05, 0) is 42.3 Å². The lowest BCUT2D eigenvalue weighted by Crippen LogP contribution is -2.10. The minimum Gasteiger partial charge on any atom is -0.316 e. The van der Waals surface area contributed by atoms with Gasteiger partial charge in [-0.25, -0.2) is 0 Å². The third-order valence-corrected chi connectivity index (χ3v) is 3.87. The molecule has 0 spiro atoms. The second kappa shape index (κ2) is 5.96. The first-order valence-corrected chi connectivity index (χ1v) is 6.69. The second-order valence-corrected chi connectivity index (χ2v) is 5.31. The van der Waals surface area contributed by atoms with E-state index in [1.807, 2.05) is 25.2 Å². The highest BCUT2D eigenvalue weighted by Crippen LogP contribution is 2.41. The van der Waals surface area contributed by atoms with E-state index >= 15 is 0 Å². The van der Waals surface area contributed by atoms with Gasteiger partial charge in [0.05, 0.1) is 0 Å². The van der Waals surface area contributed by atoms with Crippen LogP contribution in [0.15, 0.2) is 48.5 Å². The van der Waals surface area contributed by atoms with E-state index in [-0.39, 0.29) is 12.4 Å². The largest absolute Gasteiger partial charge is 0.316 e. The van der Waals surface area contributed by atoms with Gasteiger partial charge in [0.2, 0.25) is 0 Å². The summed E-state index contributed by atoms with van der Waals surface area (Å²) in [6.45, 7) is 0. The number of nitrogens with one attached hydrogen (secondary N) is 1. The maximum absolute atomic E-state index is 6.05. The van der Waals surface area contributed by atoms with Crippen LogP contribution >= 0.6 is 24.0 Å². The van der Waals surface area contributed by atoms with Crippen LogP contribution in [0.25, 0.3) is 11.1 Å². The van der Waals surface area contributed by atoms with Gasteiger partial charge in [0.1, 0.15) is 0 Å². The van der Waals surface area contributed by atoms with Gasteiger partial charge < -0.3 is 5.32 Å². The Kier molecular flexibility index (Phi) is 4.51. The molecular weight excluding hydrogens is 277 g/mol. The van der Waals surface area contributed by atoms with E-state index in [1.54, 1.807) is 0 Å². The quantitative estimate of drug-likeness (QED) is 0.878. The highest BCUT2D eigenvalue weighted by atomic mass is 35.5. The summed E-state index contributed by atoms with van der Waals surface area (Å²) < 4.78 is 0. The first kappa shape index (κ1) is 14.4. The maximum atomic E-state index is 6.05. The van der Waals surface area contributed by atoms with E-state index in [0.29, 0.717) is 12.0 Å². The van der Waals surface area contributed by atoms with Crippen molar-refractivity contribution in [3.8, 4) is 11.1 Å². The van der Waals surface area contributed by atoms with Crippen molar-refractivity contribution in [3.05, 3.63) is 59.1 Å². The molecule has 0 amide bonds. The van der Waals surface area contributed by atoms with Crippen molar-refractivity contribution in [2.45, 2.75) is 18.4 Å². The number of rotatable bonds is 3. The molecular formula is C16H17Cl2N. The summed E-state index contributed by atoms with van der Waals surface area (Å²) in [5.74, 6) is 0.675. The molecule has 1 aliphatic rings. The van der Waals surface area contributed by atoms with Crippen LogP contribution in [0.1, 0.15) is 17.9 Å². The fraction of sp³-hybridized carbons (Fsp3) is 0.250. The highest BCUT2D eigenvalue weighted by Gasteiger charge is 2.36. The zero-order valence-corrected chi connectivity index (χ0v) is 12.3. The Bertz CT molecular complexity index is 568. The summed E-state index contributed by atoms with van der Waals surface area (Å²) in [4.78, 5) is 0. The maximum Gasteiger partial charge on any atom is 0.0412 e. The predicted octanol–water partition coefficient (Wildman–Crippen LogP) is 4.50. The van der Waals surface area contributed by atoms with Crippen molar-refractivity contribution < 1.29 is 0 Å². The van der Waals surface area contributed by atoms with E-state index in [0.717, 1.165) is 5.02 Å². The Labute approximate surface area is 125 Å². The minimum atomic E-state index is 0. The first-order chi connectivity index (χ1) is 8.78. The number of halogens is 2. The van der Waals surface area contributed by atoms with Crippen LogP contribution in [0, 0.1) is 0 Å². The van der Waals surface area contributed by atoms with Gasteiger partial charge >= 0.3 is 0 Å². The molecule has 0 bridgehead atoms. The SMILES string of the molecule is CN[C@@H]1C[C@H]1c1cccc(-c2cccc(Cl)c2)c1.Cl. The molecule has 100 valence electrons. The Balaban J connectivity index is 0.00000133. The average Bonchev–Trinajstić information content (AvgIpc) is 3.18. The lowest BCUT2D eigenvalue weighted by molar-refractivity contribution is 0.784. The molecule has 1 N–H and O–H groups in total. The lowest BCUT2D eigenvalue weighted by Gasteiger charge is -2.06. The van der Waals surface area contributed by atoms with Gasteiger partial charge in [-0.2, -0.15) is 0 Å². The van der Waals surface area contributed by atoms with Crippen molar-refractivity contribution in [1.29, 1.82) is 0 Å². The van der Waals surface area contributed by atoms with E-state index in [2.05, 4.69) is 35.6 Å². The molecule has 1 saturated carbocycles. The third kappa shape index (κ3) is 3.11. The van der Waals surface area contributed by atoms with Crippen molar-refractivity contribution in [2.24, 2.45) is 0 Å². The molecule has 0 radical (unpaired) electrons. The second-order valence-electron chi connectivity index (χ2n) is 4.87. The molecule has 3 heteroatoms. The van der Waals surface area contributed by atoms with E-state index in [1.165, 1.54) is 23.1 Å². The zero-order valence-electron chi connectivity index (χ0n) is 10.8. The van der Waals surface area contributed by atoms with Crippen LogP contribution in [0.2, 0.25) is 5.02 Å². The number of hydrogen-bond donors (Lipinski definition) is 1. The van der Waals surface area contributed by atoms with Gasteiger partial charge in [0.25, 0.3) is 0 Å². The van der Waals surface area contributed by atoms with Gasteiger partial charge in [-0.3, -0.25) is 0 Å². The fourth-order valence-electron chi connectivity index (χ4n) is 2.50. The molecule has 2 aromatic rings.